The molecule has 0 aliphatic heterocycles. The van der Waals surface area contributed by atoms with Gasteiger partial charge in [-0.25, -0.2) is 0 Å². The molecule has 0 aliphatic rings. The average Bonchev–Trinajstić information content (AvgIpc) is 2.40. The minimum Gasteiger partial charge on any atom is -0.307 e. The fraction of sp³-hybridized carbons (Fsp3) is 1.00. The lowest BCUT2D eigenvalue weighted by Crippen LogP contribution is -2.17. The molecular formula is C8H13Br6O3P. The van der Waals surface area contributed by atoms with Gasteiger partial charge in [-0.2, -0.15) is 0 Å². The van der Waals surface area contributed by atoms with Gasteiger partial charge in [0.25, 0.3) is 0 Å². The molecule has 0 saturated carbocycles. The Balaban J connectivity index is 4.48. The maximum Gasteiger partial charge on any atom is 0.345 e. The molecule has 0 aromatic rings. The molecule has 0 heterocycles. The molecule has 3 nitrogen and oxygen atoms in total. The van der Waals surface area contributed by atoms with E-state index in [1.54, 1.807) is 0 Å². The van der Waals surface area contributed by atoms with E-state index in [2.05, 4.69) is 95.6 Å². The van der Waals surface area contributed by atoms with Gasteiger partial charge in [0, 0.05) is 25.6 Å². The Kier molecular flexibility index (Phi) is 13.5. The minimum atomic E-state index is -3.18. The standard InChI is InChI=1S/C8H13Br6O3P/c9-1-6(12)4-16-18(15,8(14)3-11)17-5-7(13)2-10/h6-8H,1-5H2. The summed E-state index contributed by atoms with van der Waals surface area (Å²) in [4.78, 5) is 0.195. The van der Waals surface area contributed by atoms with Crippen molar-refractivity contribution < 1.29 is 13.6 Å². The first-order valence-corrected chi connectivity index (χ1v) is 12.6. The smallest absolute Gasteiger partial charge is 0.307 e. The molecule has 18 heavy (non-hydrogen) atoms. The molecule has 10 heteroatoms. The van der Waals surface area contributed by atoms with E-state index in [-0.39, 0.29) is 14.2 Å². The first-order chi connectivity index (χ1) is 8.39. The lowest BCUT2D eigenvalue weighted by atomic mass is 10.5. The van der Waals surface area contributed by atoms with Crippen LogP contribution >= 0.6 is 103 Å². The normalized spacial score (nSPS) is 20.1. The van der Waals surface area contributed by atoms with Crippen LogP contribution in [0.25, 0.3) is 0 Å². The summed E-state index contributed by atoms with van der Waals surface area (Å²) >= 11 is 20.0. The second kappa shape index (κ2) is 11.6. The fourth-order valence-electron chi connectivity index (χ4n) is 0.742. The quantitative estimate of drug-likeness (QED) is 0.224. The Hall–Kier alpha value is 3.03. The van der Waals surface area contributed by atoms with Crippen molar-refractivity contribution in [3.05, 3.63) is 0 Å². The van der Waals surface area contributed by atoms with Gasteiger partial charge in [-0.3, -0.25) is 4.57 Å². The van der Waals surface area contributed by atoms with E-state index in [9.17, 15) is 4.57 Å². The van der Waals surface area contributed by atoms with Crippen LogP contribution in [-0.2, 0) is 13.6 Å². The zero-order chi connectivity index (χ0) is 14.2. The summed E-state index contributed by atoms with van der Waals surface area (Å²) in [7, 11) is -3.18. The van der Waals surface area contributed by atoms with Gasteiger partial charge in [-0.05, 0) is 0 Å². The third-order valence-corrected chi connectivity index (χ3v) is 11.9. The number of rotatable bonds is 10. The lowest BCUT2D eigenvalue weighted by molar-refractivity contribution is 0.210. The van der Waals surface area contributed by atoms with E-state index < -0.39 is 7.60 Å². The largest absolute Gasteiger partial charge is 0.345 e. The Morgan fingerprint density at radius 2 is 1.22 bits per heavy atom. The number of hydrogen-bond donors (Lipinski definition) is 0. The zero-order valence-electron chi connectivity index (χ0n) is 9.21. The summed E-state index contributed by atoms with van der Waals surface area (Å²) < 4.78 is 23.2. The van der Waals surface area contributed by atoms with Crippen LogP contribution in [0.1, 0.15) is 0 Å². The maximum atomic E-state index is 12.6. The molecular weight excluding hydrogens is 654 g/mol. The number of hydrogen-bond acceptors (Lipinski definition) is 3. The third-order valence-electron chi connectivity index (χ3n) is 1.68. The predicted molar refractivity (Wildman–Crippen MR) is 99.0 cm³/mol. The van der Waals surface area contributed by atoms with Crippen LogP contribution in [0.2, 0.25) is 0 Å². The van der Waals surface area contributed by atoms with Crippen molar-refractivity contribution in [1.29, 1.82) is 0 Å². The molecule has 3 atom stereocenters. The molecule has 0 bridgehead atoms. The van der Waals surface area contributed by atoms with Crippen molar-refractivity contribution in [2.45, 2.75) is 14.2 Å². The molecule has 0 aliphatic carbocycles. The summed E-state index contributed by atoms with van der Waals surface area (Å²) in [5.74, 6) is 0. The SMILES string of the molecule is O=P(OCC(Br)CBr)(OCC(Br)CBr)C(Br)CBr. The van der Waals surface area contributed by atoms with Crippen molar-refractivity contribution >= 4 is 103 Å². The van der Waals surface area contributed by atoms with Crippen molar-refractivity contribution in [3.8, 4) is 0 Å². The van der Waals surface area contributed by atoms with E-state index in [0.717, 1.165) is 10.7 Å². The second-order valence-corrected chi connectivity index (χ2v) is 11.8. The van der Waals surface area contributed by atoms with Gasteiger partial charge < -0.3 is 9.05 Å². The molecule has 110 valence electrons. The summed E-state index contributed by atoms with van der Waals surface area (Å²) in [6, 6.07) is 0. The zero-order valence-corrected chi connectivity index (χ0v) is 19.6. The van der Waals surface area contributed by atoms with Gasteiger partial charge in [0.2, 0.25) is 0 Å². The summed E-state index contributed by atoms with van der Waals surface area (Å²) in [6.45, 7) is 0.637. The first-order valence-electron chi connectivity index (χ1n) is 4.88. The highest BCUT2D eigenvalue weighted by molar-refractivity contribution is 9.13. The monoisotopic (exact) mass is 662 g/mol. The number of halogens is 6. The van der Waals surface area contributed by atoms with Crippen molar-refractivity contribution in [2.75, 3.05) is 29.2 Å². The van der Waals surface area contributed by atoms with E-state index in [0.29, 0.717) is 18.5 Å². The van der Waals surface area contributed by atoms with Crippen LogP contribution in [0, 0.1) is 0 Å². The summed E-state index contributed by atoms with van der Waals surface area (Å²) in [6.07, 6.45) is 0. The Labute approximate surface area is 158 Å². The second-order valence-electron chi connectivity index (χ2n) is 3.22. The third kappa shape index (κ3) is 8.47. The molecule has 0 fully saturated rings. The van der Waals surface area contributed by atoms with Gasteiger partial charge in [0.15, 0.2) is 0 Å². The van der Waals surface area contributed by atoms with E-state index in [1.807, 2.05) is 0 Å². The van der Waals surface area contributed by atoms with Crippen LogP contribution in [0.3, 0.4) is 0 Å². The van der Waals surface area contributed by atoms with Crippen molar-refractivity contribution in [2.24, 2.45) is 0 Å². The Bertz CT molecular complexity index is 251. The van der Waals surface area contributed by atoms with Crippen LogP contribution in [0.5, 0.6) is 0 Å². The molecule has 0 amide bonds. The molecule has 0 N–H and O–H groups in total. The Morgan fingerprint density at radius 3 is 1.50 bits per heavy atom. The predicted octanol–water partition coefficient (Wildman–Crippen LogP) is 5.65. The van der Waals surface area contributed by atoms with Crippen LogP contribution in [0.4, 0.5) is 0 Å². The highest BCUT2D eigenvalue weighted by atomic mass is 79.9. The van der Waals surface area contributed by atoms with Gasteiger partial charge in [0.1, 0.15) is 4.57 Å². The Morgan fingerprint density at radius 1 is 0.833 bits per heavy atom. The van der Waals surface area contributed by atoms with Crippen molar-refractivity contribution in [3.63, 3.8) is 0 Å². The fourth-order valence-corrected chi connectivity index (χ4v) is 4.90. The molecule has 0 saturated heterocycles. The van der Waals surface area contributed by atoms with Crippen LogP contribution in [0.15, 0.2) is 0 Å². The van der Waals surface area contributed by atoms with E-state index in [1.165, 1.54) is 0 Å². The van der Waals surface area contributed by atoms with Gasteiger partial charge in [-0.1, -0.05) is 95.6 Å². The topological polar surface area (TPSA) is 35.5 Å². The highest BCUT2D eigenvalue weighted by Crippen LogP contribution is 2.56. The molecule has 0 radical (unpaired) electrons. The minimum absolute atomic E-state index is 0.0976. The molecule has 0 aromatic carbocycles. The van der Waals surface area contributed by atoms with E-state index >= 15 is 0 Å². The first kappa shape index (κ1) is 21.0. The summed E-state index contributed by atoms with van der Waals surface area (Å²) in [5.41, 5.74) is 0. The van der Waals surface area contributed by atoms with Crippen LogP contribution in [-0.4, -0.2) is 43.4 Å². The van der Waals surface area contributed by atoms with Crippen molar-refractivity contribution in [1.82, 2.24) is 0 Å². The van der Waals surface area contributed by atoms with Gasteiger partial charge in [0.05, 0.1) is 13.2 Å². The number of alkyl halides is 6. The molecule has 0 rings (SSSR count). The van der Waals surface area contributed by atoms with E-state index in [4.69, 9.17) is 9.05 Å². The van der Waals surface area contributed by atoms with Gasteiger partial charge >= 0.3 is 7.60 Å². The van der Waals surface area contributed by atoms with Gasteiger partial charge in [-0.15, -0.1) is 0 Å². The molecule has 0 spiro atoms. The molecule has 0 aromatic heterocycles. The lowest BCUT2D eigenvalue weighted by Gasteiger charge is -2.23. The summed E-state index contributed by atoms with van der Waals surface area (Å²) in [5, 5.41) is 1.93. The average molecular weight is 668 g/mol. The molecule has 3 unspecified atom stereocenters. The maximum absolute atomic E-state index is 12.6. The highest BCUT2D eigenvalue weighted by Gasteiger charge is 2.34. The van der Waals surface area contributed by atoms with Crippen LogP contribution < -0.4 is 0 Å².